The summed E-state index contributed by atoms with van der Waals surface area (Å²) in [5, 5.41) is 34.2. The smallest absolute Gasteiger partial charge is 0.260 e. The van der Waals surface area contributed by atoms with Gasteiger partial charge < -0.3 is 29.9 Å². The van der Waals surface area contributed by atoms with Crippen LogP contribution in [0, 0.1) is 0 Å². The van der Waals surface area contributed by atoms with Gasteiger partial charge in [-0.05, 0) is 49.5 Å². The highest BCUT2D eigenvalue weighted by Gasteiger charge is 2.66. The fourth-order valence-electron chi connectivity index (χ4n) is 7.19. The molecule has 1 unspecified atom stereocenters. The van der Waals surface area contributed by atoms with Crippen molar-refractivity contribution in [2.45, 2.75) is 37.9 Å². The molecule has 248 valence electrons. The van der Waals surface area contributed by atoms with E-state index in [0.29, 0.717) is 28.9 Å². The number of ketones is 4. The van der Waals surface area contributed by atoms with E-state index in [4.69, 9.17) is 4.74 Å². The molecule has 0 fully saturated rings. The molecule has 0 radical (unpaired) electrons. The lowest BCUT2D eigenvalue weighted by Gasteiger charge is -2.30. The largest absolute Gasteiger partial charge is 0.507 e. The van der Waals surface area contributed by atoms with E-state index < -0.39 is 84.6 Å². The van der Waals surface area contributed by atoms with Crippen molar-refractivity contribution in [3.8, 4) is 17.2 Å². The zero-order chi connectivity index (χ0) is 34.7. The minimum Gasteiger partial charge on any atom is -0.507 e. The van der Waals surface area contributed by atoms with E-state index >= 15 is 0 Å². The highest BCUT2D eigenvalue weighted by Crippen LogP contribution is 2.59. The molecule has 1 spiro atoms. The van der Waals surface area contributed by atoms with Crippen molar-refractivity contribution >= 4 is 51.7 Å². The van der Waals surface area contributed by atoms with Gasteiger partial charge in [0.25, 0.3) is 5.56 Å². The quantitative estimate of drug-likeness (QED) is 0.144. The van der Waals surface area contributed by atoms with Crippen LogP contribution in [0.3, 0.4) is 0 Å². The zero-order valence-corrected chi connectivity index (χ0v) is 27.6. The molecule has 2 aromatic carbocycles. The molecule has 0 amide bonds. The number of benzene rings is 2. The molecule has 3 aliphatic carbocycles. The Bertz CT molecular complexity index is 2100. The number of aromatic nitrogens is 1. The Labute approximate surface area is 279 Å². The summed E-state index contributed by atoms with van der Waals surface area (Å²) in [6.45, 7) is 8.08. The standard InChI is InChI=1S/C36H34N2O9S/c1-5-8-9-10-19-14-17-13-18-15-22(48-12-11-38(6-2)7-3)36(28(18)32(43)23(17)35(46)37-19)33(44)26-27(34(36)45)31(42)25-24(30(26)41)20(39)16-21(47-4)29(25)40/h5,8-10,13-14,16,22,41-43H,6-7,11-12,15H2,1-4H3,(H,37,46)/b8-5+,10-9+/t22?,36-/m1/s1. The molecule has 0 aliphatic heterocycles. The predicted octanol–water partition coefficient (Wildman–Crippen LogP) is 4.46. The Morgan fingerprint density at radius 2 is 1.62 bits per heavy atom. The molecule has 12 heteroatoms. The topological polar surface area (TPSA) is 174 Å². The average molecular weight is 671 g/mol. The van der Waals surface area contributed by atoms with E-state index in [0.717, 1.165) is 26.3 Å². The zero-order valence-electron chi connectivity index (χ0n) is 26.8. The Hall–Kier alpha value is -4.94. The molecule has 48 heavy (non-hydrogen) atoms. The minimum absolute atomic E-state index is 0.0885. The summed E-state index contributed by atoms with van der Waals surface area (Å²) in [7, 11) is 1.15. The van der Waals surface area contributed by atoms with Crippen molar-refractivity contribution in [1.29, 1.82) is 0 Å². The van der Waals surface area contributed by atoms with Crippen LogP contribution in [0.4, 0.5) is 0 Å². The number of aromatic hydroxyl groups is 3. The first-order chi connectivity index (χ1) is 23.0. The number of pyridine rings is 1. The number of thioether (sulfide) groups is 1. The lowest BCUT2D eigenvalue weighted by Crippen LogP contribution is -2.45. The molecule has 3 aliphatic rings. The number of carbonyl (C=O) groups excluding carboxylic acids is 4. The summed E-state index contributed by atoms with van der Waals surface area (Å²) in [5.74, 6) is -6.03. The molecular weight excluding hydrogens is 636 g/mol. The van der Waals surface area contributed by atoms with E-state index in [9.17, 15) is 39.3 Å². The second-order valence-electron chi connectivity index (χ2n) is 11.8. The summed E-state index contributed by atoms with van der Waals surface area (Å²) in [5.41, 5.74) is -4.47. The van der Waals surface area contributed by atoms with Gasteiger partial charge in [-0.3, -0.25) is 24.0 Å². The van der Waals surface area contributed by atoms with Gasteiger partial charge in [0.05, 0.1) is 34.7 Å². The van der Waals surface area contributed by atoms with Crippen LogP contribution in [-0.2, 0) is 16.6 Å². The van der Waals surface area contributed by atoms with Crippen LogP contribution in [0.1, 0.15) is 79.0 Å². The van der Waals surface area contributed by atoms with Crippen molar-refractivity contribution in [2.24, 2.45) is 0 Å². The molecule has 4 N–H and O–H groups in total. The van der Waals surface area contributed by atoms with Crippen LogP contribution in [0.25, 0.3) is 16.8 Å². The van der Waals surface area contributed by atoms with Gasteiger partial charge in [-0.1, -0.05) is 38.1 Å². The third-order valence-corrected chi connectivity index (χ3v) is 10.8. The fraction of sp³-hybridized carbons (Fsp3) is 0.306. The van der Waals surface area contributed by atoms with Gasteiger partial charge in [-0.15, -0.1) is 0 Å². The van der Waals surface area contributed by atoms with Crippen molar-refractivity contribution in [3.05, 3.63) is 91.6 Å². The number of Topliss-reactive ketones (excluding diaryl/α,β-unsaturated/α-hetero) is 3. The summed E-state index contributed by atoms with van der Waals surface area (Å²) < 4.78 is 5.00. The Kier molecular flexibility index (Phi) is 8.42. The highest BCUT2D eigenvalue weighted by molar-refractivity contribution is 8.00. The summed E-state index contributed by atoms with van der Waals surface area (Å²) in [6.07, 6.45) is 8.03. The molecule has 11 nitrogen and oxygen atoms in total. The molecule has 0 saturated carbocycles. The number of rotatable bonds is 9. The van der Waals surface area contributed by atoms with Gasteiger partial charge in [0.15, 0.2) is 23.1 Å². The third-order valence-electron chi connectivity index (χ3n) is 9.49. The van der Waals surface area contributed by atoms with E-state index in [-0.39, 0.29) is 17.4 Å². The maximum Gasteiger partial charge on any atom is 0.260 e. The molecule has 2 atom stereocenters. The number of ether oxygens (including phenoxy) is 1. The summed E-state index contributed by atoms with van der Waals surface area (Å²) in [6, 6.07) is 3.36. The van der Waals surface area contributed by atoms with Crippen molar-refractivity contribution < 1.29 is 39.2 Å². The van der Waals surface area contributed by atoms with E-state index in [1.165, 1.54) is 11.8 Å². The highest BCUT2D eigenvalue weighted by atomic mass is 32.2. The number of hydrogen-bond donors (Lipinski definition) is 4. The summed E-state index contributed by atoms with van der Waals surface area (Å²) >= 11 is 1.33. The molecule has 1 aromatic heterocycles. The number of phenolic OH excluding ortho intramolecular Hbond substituents is 3. The number of hydrogen-bond acceptors (Lipinski definition) is 11. The number of carbonyl (C=O) groups is 4. The second kappa shape index (κ2) is 12.3. The first kappa shape index (κ1) is 33.0. The normalized spacial score (nSPS) is 20.1. The monoisotopic (exact) mass is 670 g/mol. The Morgan fingerprint density at radius 1 is 0.958 bits per heavy atom. The van der Waals surface area contributed by atoms with Crippen molar-refractivity contribution in [1.82, 2.24) is 9.88 Å². The fourth-order valence-corrected chi connectivity index (χ4v) is 8.72. The molecule has 6 rings (SSSR count). The number of H-pyrrole nitrogens is 1. The number of methoxy groups -OCH3 is 1. The van der Waals surface area contributed by atoms with Gasteiger partial charge in [-0.25, -0.2) is 0 Å². The Morgan fingerprint density at radius 3 is 2.25 bits per heavy atom. The number of aromatic amines is 1. The van der Waals surface area contributed by atoms with Crippen molar-refractivity contribution in [2.75, 3.05) is 32.5 Å². The van der Waals surface area contributed by atoms with Gasteiger partial charge in [0.2, 0.25) is 5.78 Å². The number of phenols is 3. The van der Waals surface area contributed by atoms with Crippen LogP contribution in [-0.4, -0.2) is 86.1 Å². The third kappa shape index (κ3) is 4.57. The average Bonchev–Trinajstić information content (AvgIpc) is 3.50. The maximum atomic E-state index is 14.8. The van der Waals surface area contributed by atoms with Crippen LogP contribution in [0.15, 0.2) is 47.0 Å². The van der Waals surface area contributed by atoms with Crippen LogP contribution >= 0.6 is 11.8 Å². The summed E-state index contributed by atoms with van der Waals surface area (Å²) in [4.78, 5) is 74.2. The van der Waals surface area contributed by atoms with Gasteiger partial charge in [0, 0.05) is 34.9 Å². The first-order valence-corrected chi connectivity index (χ1v) is 16.6. The minimum atomic E-state index is -2.18. The maximum absolute atomic E-state index is 14.8. The molecule has 0 saturated heterocycles. The Balaban J connectivity index is 1.60. The van der Waals surface area contributed by atoms with Crippen LogP contribution < -0.4 is 5.56 Å². The number of nitrogens with zero attached hydrogens (tertiary/aromatic N) is 1. The van der Waals surface area contributed by atoms with Crippen LogP contribution in [0.5, 0.6) is 17.2 Å². The van der Waals surface area contributed by atoms with E-state index in [1.54, 1.807) is 30.4 Å². The number of nitrogens with one attached hydrogen (secondary N) is 1. The lowest BCUT2D eigenvalue weighted by atomic mass is 9.75. The molecular formula is C36H34N2O9S. The van der Waals surface area contributed by atoms with Crippen LogP contribution in [0.2, 0.25) is 0 Å². The molecule has 0 bridgehead atoms. The second-order valence-corrected chi connectivity index (χ2v) is 13.1. The van der Waals surface area contributed by atoms with Gasteiger partial charge in [0.1, 0.15) is 22.7 Å². The first-order valence-electron chi connectivity index (χ1n) is 15.6. The van der Waals surface area contributed by atoms with Gasteiger partial charge >= 0.3 is 0 Å². The van der Waals surface area contributed by atoms with Gasteiger partial charge in [-0.2, -0.15) is 11.8 Å². The van der Waals surface area contributed by atoms with E-state index in [1.807, 2.05) is 26.8 Å². The molecule has 1 heterocycles. The number of allylic oxidation sites excluding steroid dienone is 5. The van der Waals surface area contributed by atoms with Crippen molar-refractivity contribution in [3.63, 3.8) is 0 Å². The predicted molar refractivity (Wildman–Crippen MR) is 182 cm³/mol. The SMILES string of the molecule is C/C=C/C=C/c1cc2cc3c(c(O)c2c(=O)[nH]1)[C@@]1(C(=O)c2c(O)c4c(c(O)c2C1=O)C(=O)C(OC)=CC4=O)C(SCCN(CC)CC)C3. The lowest BCUT2D eigenvalue weighted by molar-refractivity contribution is 0.0796. The molecule has 3 aromatic rings. The van der Waals surface area contributed by atoms with E-state index in [2.05, 4.69) is 9.88 Å². The number of fused-ring (bicyclic) bond motifs is 5.